The summed E-state index contributed by atoms with van der Waals surface area (Å²) in [5.41, 5.74) is 3.02. The van der Waals surface area contributed by atoms with Gasteiger partial charge in [0.2, 0.25) is 0 Å². The topological polar surface area (TPSA) is 46.2 Å². The number of ether oxygens (including phenoxy) is 1. The maximum absolute atomic E-state index is 5.30. The summed E-state index contributed by atoms with van der Waals surface area (Å²) in [6.45, 7) is 4.64. The van der Waals surface area contributed by atoms with Crippen molar-refractivity contribution in [2.75, 3.05) is 19.0 Å². The largest absolute Gasteiger partial charge is 0.383 e. The van der Waals surface area contributed by atoms with Gasteiger partial charge in [-0.25, -0.2) is 4.98 Å². The van der Waals surface area contributed by atoms with E-state index in [1.165, 1.54) is 0 Å². The van der Waals surface area contributed by atoms with Crippen LogP contribution in [0.5, 0.6) is 0 Å². The molecule has 0 radical (unpaired) electrons. The van der Waals surface area contributed by atoms with Crippen LogP contribution in [0.3, 0.4) is 0 Å². The van der Waals surface area contributed by atoms with Crippen molar-refractivity contribution < 1.29 is 4.74 Å². The molecule has 6 heteroatoms. The van der Waals surface area contributed by atoms with Gasteiger partial charge in [-0.15, -0.1) is 11.3 Å². The first kappa shape index (κ1) is 15.9. The third kappa shape index (κ3) is 4.77. The van der Waals surface area contributed by atoms with E-state index in [2.05, 4.69) is 21.0 Å². The molecule has 2 N–H and O–H groups in total. The van der Waals surface area contributed by atoms with Gasteiger partial charge in [0.15, 0.2) is 5.11 Å². The maximum atomic E-state index is 5.30. The van der Waals surface area contributed by atoms with E-state index in [-0.39, 0.29) is 6.04 Å². The lowest BCUT2D eigenvalue weighted by Crippen LogP contribution is -2.38. The fourth-order valence-corrected chi connectivity index (χ4v) is 2.88. The predicted octanol–water partition coefficient (Wildman–Crippen LogP) is 3.44. The molecule has 0 unspecified atom stereocenters. The Balaban J connectivity index is 2.03. The molecule has 0 spiro atoms. The molecule has 0 fully saturated rings. The molecule has 1 aromatic heterocycles. The standard InChI is InChI=1S/C15H19N3OS2/c1-10(8-19-3)16-15(20)18-13-6-4-5-12(7-13)14-9-21-11(2)17-14/h4-7,9-10H,8H2,1-3H3,(H2,16,18,20)/t10-/m1/s1. The number of hydrogen-bond acceptors (Lipinski definition) is 4. The van der Waals surface area contributed by atoms with Crippen molar-refractivity contribution in [1.29, 1.82) is 0 Å². The molecule has 4 nitrogen and oxygen atoms in total. The maximum Gasteiger partial charge on any atom is 0.171 e. The third-order valence-electron chi connectivity index (χ3n) is 2.83. The van der Waals surface area contributed by atoms with Crippen LogP contribution in [0.15, 0.2) is 29.6 Å². The number of thiazole rings is 1. The van der Waals surface area contributed by atoms with E-state index in [9.17, 15) is 0 Å². The molecule has 0 saturated carbocycles. The number of thiocarbonyl (C=S) groups is 1. The second-order valence-electron chi connectivity index (χ2n) is 4.79. The molecule has 0 aliphatic carbocycles. The minimum absolute atomic E-state index is 0.166. The number of nitrogens with one attached hydrogen (secondary N) is 2. The normalized spacial score (nSPS) is 12.0. The number of hydrogen-bond donors (Lipinski definition) is 2. The van der Waals surface area contributed by atoms with E-state index in [1.807, 2.05) is 38.1 Å². The van der Waals surface area contributed by atoms with Crippen LogP contribution in [-0.2, 0) is 4.74 Å². The van der Waals surface area contributed by atoms with E-state index >= 15 is 0 Å². The van der Waals surface area contributed by atoms with Gasteiger partial charge < -0.3 is 15.4 Å². The molecule has 0 bridgehead atoms. The summed E-state index contributed by atoms with van der Waals surface area (Å²) < 4.78 is 5.08. The number of methoxy groups -OCH3 is 1. The molecule has 112 valence electrons. The third-order valence-corrected chi connectivity index (χ3v) is 3.82. The van der Waals surface area contributed by atoms with E-state index < -0.39 is 0 Å². The number of aromatic nitrogens is 1. The number of rotatable bonds is 5. The Morgan fingerprint density at radius 2 is 2.29 bits per heavy atom. The van der Waals surface area contributed by atoms with Crippen LogP contribution in [0.2, 0.25) is 0 Å². The van der Waals surface area contributed by atoms with Crippen molar-refractivity contribution in [3.05, 3.63) is 34.7 Å². The average Bonchev–Trinajstić information content (AvgIpc) is 2.86. The minimum atomic E-state index is 0.166. The summed E-state index contributed by atoms with van der Waals surface area (Å²) in [6.07, 6.45) is 0. The van der Waals surface area contributed by atoms with E-state index in [0.717, 1.165) is 22.0 Å². The monoisotopic (exact) mass is 321 g/mol. The first-order valence-electron chi connectivity index (χ1n) is 6.67. The molecule has 0 saturated heterocycles. The summed E-state index contributed by atoms with van der Waals surface area (Å²) in [6, 6.07) is 8.23. The van der Waals surface area contributed by atoms with Gasteiger partial charge >= 0.3 is 0 Å². The molecule has 0 aliphatic heterocycles. The van der Waals surface area contributed by atoms with Gasteiger partial charge in [0.05, 0.1) is 17.3 Å². The highest BCUT2D eigenvalue weighted by atomic mass is 32.1. The SMILES string of the molecule is COC[C@@H](C)NC(=S)Nc1cccc(-c2csc(C)n2)c1. The first-order chi connectivity index (χ1) is 10.1. The van der Waals surface area contributed by atoms with Crippen LogP contribution in [0, 0.1) is 6.92 Å². The van der Waals surface area contributed by atoms with E-state index in [1.54, 1.807) is 18.4 Å². The predicted molar refractivity (Wildman–Crippen MR) is 93.0 cm³/mol. The molecule has 2 aromatic rings. The Bertz CT molecular complexity index is 612. The smallest absolute Gasteiger partial charge is 0.171 e. The number of nitrogens with zero attached hydrogens (tertiary/aromatic N) is 1. The molecule has 1 atom stereocenters. The van der Waals surface area contributed by atoms with E-state index in [0.29, 0.717) is 11.7 Å². The number of benzene rings is 1. The van der Waals surface area contributed by atoms with Crippen LogP contribution in [0.4, 0.5) is 5.69 Å². The Kier molecular flexibility index (Phi) is 5.67. The van der Waals surface area contributed by atoms with Crippen molar-refractivity contribution in [2.24, 2.45) is 0 Å². The lowest BCUT2D eigenvalue weighted by Gasteiger charge is -2.16. The van der Waals surface area contributed by atoms with Crippen LogP contribution in [0.25, 0.3) is 11.3 Å². The summed E-state index contributed by atoms with van der Waals surface area (Å²) in [5, 5.41) is 10.1. The highest BCUT2D eigenvalue weighted by molar-refractivity contribution is 7.80. The van der Waals surface area contributed by atoms with Crippen molar-refractivity contribution in [1.82, 2.24) is 10.3 Å². The molecule has 2 rings (SSSR count). The molecular weight excluding hydrogens is 302 g/mol. The van der Waals surface area contributed by atoms with Crippen LogP contribution in [-0.4, -0.2) is 29.9 Å². The molecular formula is C15H19N3OS2. The lowest BCUT2D eigenvalue weighted by atomic mass is 10.1. The van der Waals surface area contributed by atoms with Gasteiger partial charge in [0.1, 0.15) is 0 Å². The Morgan fingerprint density at radius 3 is 2.95 bits per heavy atom. The average molecular weight is 321 g/mol. The highest BCUT2D eigenvalue weighted by Gasteiger charge is 2.06. The van der Waals surface area contributed by atoms with Gasteiger partial charge in [-0.05, 0) is 38.2 Å². The summed E-state index contributed by atoms with van der Waals surface area (Å²) in [5.74, 6) is 0. The Hall–Kier alpha value is -1.50. The van der Waals surface area contributed by atoms with Crippen molar-refractivity contribution in [2.45, 2.75) is 19.9 Å². The minimum Gasteiger partial charge on any atom is -0.383 e. The Labute approximate surface area is 134 Å². The zero-order valence-electron chi connectivity index (χ0n) is 12.3. The van der Waals surface area contributed by atoms with Crippen LogP contribution < -0.4 is 10.6 Å². The molecule has 0 amide bonds. The van der Waals surface area contributed by atoms with Crippen LogP contribution >= 0.6 is 23.6 Å². The molecule has 21 heavy (non-hydrogen) atoms. The van der Waals surface area contributed by atoms with Crippen LogP contribution in [0.1, 0.15) is 11.9 Å². The van der Waals surface area contributed by atoms with E-state index in [4.69, 9.17) is 17.0 Å². The number of anilines is 1. The number of aryl methyl sites for hydroxylation is 1. The van der Waals surface area contributed by atoms with Gasteiger partial charge in [-0.2, -0.15) is 0 Å². The Morgan fingerprint density at radius 1 is 1.48 bits per heavy atom. The van der Waals surface area contributed by atoms with Crippen molar-refractivity contribution >= 4 is 34.4 Å². The summed E-state index contributed by atoms with van der Waals surface area (Å²) in [7, 11) is 1.67. The molecule has 0 aliphatic rings. The molecule has 1 heterocycles. The highest BCUT2D eigenvalue weighted by Crippen LogP contribution is 2.24. The van der Waals surface area contributed by atoms with Crippen molar-refractivity contribution in [3.8, 4) is 11.3 Å². The fourth-order valence-electron chi connectivity index (χ4n) is 1.93. The lowest BCUT2D eigenvalue weighted by molar-refractivity contribution is 0.179. The fraction of sp³-hybridized carbons (Fsp3) is 0.333. The summed E-state index contributed by atoms with van der Waals surface area (Å²) >= 11 is 6.95. The van der Waals surface area contributed by atoms with Gasteiger partial charge in [0, 0.05) is 29.8 Å². The summed E-state index contributed by atoms with van der Waals surface area (Å²) in [4.78, 5) is 4.50. The van der Waals surface area contributed by atoms with Gasteiger partial charge in [-0.3, -0.25) is 0 Å². The zero-order valence-corrected chi connectivity index (χ0v) is 14.0. The van der Waals surface area contributed by atoms with Gasteiger partial charge in [0.25, 0.3) is 0 Å². The zero-order chi connectivity index (χ0) is 15.2. The van der Waals surface area contributed by atoms with Gasteiger partial charge in [-0.1, -0.05) is 12.1 Å². The second-order valence-corrected chi connectivity index (χ2v) is 6.26. The van der Waals surface area contributed by atoms with Crippen molar-refractivity contribution in [3.63, 3.8) is 0 Å². The first-order valence-corrected chi connectivity index (χ1v) is 7.96. The molecule has 1 aromatic carbocycles. The quantitative estimate of drug-likeness (QED) is 0.826. The second kappa shape index (κ2) is 7.49.